The molecule has 0 aliphatic rings. The number of benzene rings is 2. The largest absolute Gasteiger partial charge is 0.482 e. The number of rotatable bonds is 10. The summed E-state index contributed by atoms with van der Waals surface area (Å²) in [5, 5.41) is 8.63. The molecule has 2 aromatic carbocycles. The van der Waals surface area contributed by atoms with E-state index in [1.807, 2.05) is 56.0 Å². The van der Waals surface area contributed by atoms with Gasteiger partial charge in [0.2, 0.25) is 5.91 Å². The molecule has 0 fully saturated rings. The van der Waals surface area contributed by atoms with Crippen molar-refractivity contribution in [1.29, 1.82) is 0 Å². The quantitative estimate of drug-likeness (QED) is 0.652. The number of ether oxygens (including phenoxy) is 1. The number of aryl methyl sites for hydroxylation is 1. The van der Waals surface area contributed by atoms with Gasteiger partial charge < -0.3 is 14.7 Å². The number of carboxylic acid groups (broad SMARTS) is 1. The van der Waals surface area contributed by atoms with E-state index in [1.165, 1.54) is 5.56 Å². The van der Waals surface area contributed by atoms with Crippen LogP contribution in [-0.4, -0.2) is 35.0 Å². The second-order valence-electron chi connectivity index (χ2n) is 6.08. The number of carbonyl (C=O) groups is 2. The summed E-state index contributed by atoms with van der Waals surface area (Å²) >= 11 is 0. The summed E-state index contributed by atoms with van der Waals surface area (Å²) in [5.41, 5.74) is 2.27. The maximum Gasteiger partial charge on any atom is 0.341 e. The highest BCUT2D eigenvalue weighted by atomic mass is 16.5. The Balaban J connectivity index is 0.00000190. The van der Waals surface area contributed by atoms with Gasteiger partial charge in [0.05, 0.1) is 0 Å². The van der Waals surface area contributed by atoms with Crippen molar-refractivity contribution < 1.29 is 19.4 Å². The number of hydrogen-bond donors (Lipinski definition) is 1. The first kappa shape index (κ1) is 23.2. The van der Waals surface area contributed by atoms with Gasteiger partial charge in [-0.25, -0.2) is 4.79 Å². The fraction of sp³-hybridized carbons (Fsp3) is 0.391. The van der Waals surface area contributed by atoms with Crippen LogP contribution in [0.1, 0.15) is 44.7 Å². The third-order valence-electron chi connectivity index (χ3n) is 4.05. The number of hydrogen-bond acceptors (Lipinski definition) is 3. The summed E-state index contributed by atoms with van der Waals surface area (Å²) in [5.74, 6) is -0.370. The topological polar surface area (TPSA) is 66.8 Å². The van der Waals surface area contributed by atoms with Gasteiger partial charge in [-0.15, -0.1) is 0 Å². The highest BCUT2D eigenvalue weighted by Crippen LogP contribution is 2.15. The van der Waals surface area contributed by atoms with Gasteiger partial charge in [0.1, 0.15) is 5.75 Å². The number of carbonyl (C=O) groups excluding carboxylic acids is 1. The highest BCUT2D eigenvalue weighted by molar-refractivity contribution is 5.75. The van der Waals surface area contributed by atoms with Crippen molar-refractivity contribution in [3.05, 3.63) is 65.7 Å². The van der Waals surface area contributed by atoms with Crippen molar-refractivity contribution in [2.24, 2.45) is 0 Å². The van der Waals surface area contributed by atoms with Crippen LogP contribution in [0.15, 0.2) is 54.6 Å². The number of aliphatic carboxylic acids is 1. The number of nitrogens with zero attached hydrogens (tertiary/aromatic N) is 1. The van der Waals surface area contributed by atoms with Crippen molar-refractivity contribution in [2.75, 3.05) is 13.2 Å². The maximum absolute atomic E-state index is 12.2. The molecule has 5 heteroatoms. The molecule has 2 rings (SSSR count). The van der Waals surface area contributed by atoms with Crippen molar-refractivity contribution in [3.8, 4) is 5.75 Å². The van der Waals surface area contributed by atoms with E-state index in [9.17, 15) is 9.59 Å². The Bertz CT molecular complexity index is 698. The van der Waals surface area contributed by atoms with Gasteiger partial charge in [0, 0.05) is 19.5 Å². The van der Waals surface area contributed by atoms with Crippen LogP contribution in [-0.2, 0) is 22.6 Å². The van der Waals surface area contributed by atoms with Gasteiger partial charge in [-0.1, -0.05) is 63.2 Å². The summed E-state index contributed by atoms with van der Waals surface area (Å²) < 4.78 is 5.13. The molecule has 0 atom stereocenters. The standard InChI is InChI=1S/C21H25NO4.C2H6/c1-2-20(23)22(14-6-9-17-7-4-3-5-8-17)15-18-10-12-19(13-11-18)26-16-21(24)25;1-2/h3-5,7-8,10-13H,2,6,9,14-16H2,1H3,(H,24,25);1-2H3. The van der Waals surface area contributed by atoms with Gasteiger partial charge in [0.25, 0.3) is 0 Å². The zero-order valence-electron chi connectivity index (χ0n) is 17.1. The maximum atomic E-state index is 12.2. The van der Waals surface area contributed by atoms with Crippen LogP contribution >= 0.6 is 0 Å². The Morgan fingerprint density at radius 3 is 2.18 bits per heavy atom. The Morgan fingerprint density at radius 1 is 0.964 bits per heavy atom. The molecule has 28 heavy (non-hydrogen) atoms. The van der Waals surface area contributed by atoms with Crippen molar-refractivity contribution in [1.82, 2.24) is 4.90 Å². The van der Waals surface area contributed by atoms with E-state index in [-0.39, 0.29) is 12.5 Å². The molecule has 0 aliphatic carbocycles. The first-order valence-corrected chi connectivity index (χ1v) is 9.83. The SMILES string of the molecule is CC.CCC(=O)N(CCCc1ccccc1)Cc1ccc(OCC(=O)O)cc1. The lowest BCUT2D eigenvalue weighted by Crippen LogP contribution is -2.31. The van der Waals surface area contributed by atoms with Gasteiger partial charge in [-0.3, -0.25) is 4.79 Å². The second-order valence-corrected chi connectivity index (χ2v) is 6.08. The third-order valence-corrected chi connectivity index (χ3v) is 4.05. The summed E-state index contributed by atoms with van der Waals surface area (Å²) in [6, 6.07) is 17.4. The average molecular weight is 386 g/mol. The first-order valence-electron chi connectivity index (χ1n) is 9.83. The highest BCUT2D eigenvalue weighted by Gasteiger charge is 2.12. The molecule has 0 unspecified atom stereocenters. The molecule has 0 heterocycles. The molecule has 0 spiro atoms. The third kappa shape index (κ3) is 8.71. The van der Waals surface area contributed by atoms with Crippen molar-refractivity contribution in [2.45, 2.75) is 46.6 Å². The molecule has 1 amide bonds. The van der Waals surface area contributed by atoms with E-state index in [0.29, 0.717) is 25.3 Å². The molecule has 0 radical (unpaired) electrons. The molecule has 0 aliphatic heterocycles. The number of carboxylic acids is 1. The summed E-state index contributed by atoms with van der Waals surface area (Å²) in [6.45, 7) is 6.76. The van der Waals surface area contributed by atoms with Gasteiger partial charge >= 0.3 is 5.97 Å². The smallest absolute Gasteiger partial charge is 0.341 e. The average Bonchev–Trinajstić information content (AvgIpc) is 2.74. The van der Waals surface area contributed by atoms with Gasteiger partial charge in [-0.05, 0) is 36.1 Å². The van der Waals surface area contributed by atoms with E-state index < -0.39 is 5.97 Å². The van der Waals surface area contributed by atoms with E-state index in [2.05, 4.69) is 12.1 Å². The fourth-order valence-electron chi connectivity index (χ4n) is 2.69. The molecule has 0 bridgehead atoms. The van der Waals surface area contributed by atoms with Crippen LogP contribution in [0, 0.1) is 0 Å². The van der Waals surface area contributed by atoms with Gasteiger partial charge in [-0.2, -0.15) is 0 Å². The van der Waals surface area contributed by atoms with Crippen LogP contribution in [0.2, 0.25) is 0 Å². The Labute approximate surface area is 167 Å². The molecular weight excluding hydrogens is 354 g/mol. The lowest BCUT2D eigenvalue weighted by molar-refractivity contribution is -0.139. The fourth-order valence-corrected chi connectivity index (χ4v) is 2.69. The Hall–Kier alpha value is -2.82. The van der Waals surface area contributed by atoms with Crippen LogP contribution in [0.3, 0.4) is 0 Å². The van der Waals surface area contributed by atoms with E-state index >= 15 is 0 Å². The molecule has 1 N–H and O–H groups in total. The molecule has 2 aromatic rings. The second kappa shape index (κ2) is 13.4. The molecule has 5 nitrogen and oxygen atoms in total. The molecular formula is C23H31NO4. The minimum absolute atomic E-state index is 0.129. The minimum Gasteiger partial charge on any atom is -0.482 e. The molecule has 0 aromatic heterocycles. The Morgan fingerprint density at radius 2 is 1.61 bits per heavy atom. The van der Waals surface area contributed by atoms with E-state index in [0.717, 1.165) is 18.4 Å². The normalized spacial score (nSPS) is 9.82. The predicted molar refractivity (Wildman–Crippen MR) is 111 cm³/mol. The predicted octanol–water partition coefficient (Wildman–Crippen LogP) is 4.55. The monoisotopic (exact) mass is 385 g/mol. The summed E-state index contributed by atoms with van der Waals surface area (Å²) in [7, 11) is 0. The van der Waals surface area contributed by atoms with E-state index in [4.69, 9.17) is 9.84 Å². The van der Waals surface area contributed by atoms with Crippen molar-refractivity contribution in [3.63, 3.8) is 0 Å². The van der Waals surface area contributed by atoms with Crippen LogP contribution in [0.25, 0.3) is 0 Å². The summed E-state index contributed by atoms with van der Waals surface area (Å²) in [6.07, 6.45) is 2.33. The molecule has 152 valence electrons. The zero-order chi connectivity index (χ0) is 20.8. The first-order chi connectivity index (χ1) is 13.6. The lowest BCUT2D eigenvalue weighted by Gasteiger charge is -2.22. The van der Waals surface area contributed by atoms with Crippen LogP contribution in [0.5, 0.6) is 5.75 Å². The molecule has 0 saturated heterocycles. The molecule has 0 saturated carbocycles. The van der Waals surface area contributed by atoms with Crippen LogP contribution in [0.4, 0.5) is 0 Å². The van der Waals surface area contributed by atoms with E-state index in [1.54, 1.807) is 12.1 Å². The number of amides is 1. The zero-order valence-corrected chi connectivity index (χ0v) is 17.1. The summed E-state index contributed by atoms with van der Waals surface area (Å²) in [4.78, 5) is 24.6. The van der Waals surface area contributed by atoms with Gasteiger partial charge in [0.15, 0.2) is 6.61 Å². The Kier molecular flexibility index (Phi) is 11.1. The van der Waals surface area contributed by atoms with Crippen molar-refractivity contribution >= 4 is 11.9 Å². The minimum atomic E-state index is -1.01. The van der Waals surface area contributed by atoms with Crippen LogP contribution < -0.4 is 4.74 Å². The lowest BCUT2D eigenvalue weighted by atomic mass is 10.1.